The van der Waals surface area contributed by atoms with Crippen LogP contribution in [-0.4, -0.2) is 128 Å². The van der Waals surface area contributed by atoms with Crippen molar-refractivity contribution in [3.05, 3.63) is 0 Å². The van der Waals surface area contributed by atoms with Crippen LogP contribution in [0.1, 0.15) is 81.6 Å². The van der Waals surface area contributed by atoms with Crippen LogP contribution in [0.2, 0.25) is 0 Å². The molecule has 272 valence electrons. The molecule has 3 aliphatic rings. The number of cyclic esters (lactones) is 1. The summed E-state index contributed by atoms with van der Waals surface area (Å²) in [6, 6.07) is -0.733. The Bertz CT molecular complexity index is 1080. The van der Waals surface area contributed by atoms with Gasteiger partial charge in [0.05, 0.1) is 23.9 Å². The van der Waals surface area contributed by atoms with Crippen molar-refractivity contribution < 1.29 is 43.2 Å². The molecule has 0 aromatic carbocycles. The Morgan fingerprint density at radius 1 is 1.13 bits per heavy atom. The number of alkyl carbamates (subject to hydrolysis) is 1. The molecule has 3 rings (SSSR count). The number of methoxy groups -OCH3 is 1. The highest BCUT2D eigenvalue weighted by molar-refractivity contribution is 6.00. The summed E-state index contributed by atoms with van der Waals surface area (Å²) >= 11 is 0. The van der Waals surface area contributed by atoms with Crippen molar-refractivity contribution >= 4 is 17.8 Å². The maximum atomic E-state index is 14.2. The number of amides is 1. The topological polar surface area (TPSA) is 157 Å². The van der Waals surface area contributed by atoms with Crippen LogP contribution in [0.25, 0.3) is 0 Å². The third-order valence-electron chi connectivity index (χ3n) is 10.5. The summed E-state index contributed by atoms with van der Waals surface area (Å²) in [6.07, 6.45) is -3.10. The van der Waals surface area contributed by atoms with E-state index in [4.69, 9.17) is 23.7 Å². The van der Waals surface area contributed by atoms with E-state index in [2.05, 4.69) is 36.7 Å². The van der Waals surface area contributed by atoms with E-state index < -0.39 is 65.7 Å². The van der Waals surface area contributed by atoms with E-state index in [-0.39, 0.29) is 35.9 Å². The monoisotopic (exact) mass is 670 g/mol. The number of aliphatic hydroxyl groups excluding tert-OH is 1. The van der Waals surface area contributed by atoms with Gasteiger partial charge in [0.2, 0.25) is 0 Å². The van der Waals surface area contributed by atoms with Gasteiger partial charge >= 0.3 is 12.1 Å². The maximum Gasteiger partial charge on any atom is 0.408 e. The first-order valence-electron chi connectivity index (χ1n) is 17.3. The Hall–Kier alpha value is -1.87. The maximum absolute atomic E-state index is 14.2. The predicted octanol–water partition coefficient (Wildman–Crippen LogP) is 2.23. The molecule has 0 bridgehead atoms. The largest absolute Gasteiger partial charge is 0.458 e. The van der Waals surface area contributed by atoms with Gasteiger partial charge in [0, 0.05) is 37.7 Å². The third-order valence-corrected chi connectivity index (χ3v) is 10.5. The van der Waals surface area contributed by atoms with Gasteiger partial charge in [-0.1, -0.05) is 34.6 Å². The van der Waals surface area contributed by atoms with Gasteiger partial charge in [-0.2, -0.15) is 0 Å². The van der Waals surface area contributed by atoms with Gasteiger partial charge < -0.3 is 49.6 Å². The van der Waals surface area contributed by atoms with Gasteiger partial charge in [-0.25, -0.2) is 4.79 Å². The number of nitrogens with zero attached hydrogens (tertiary/aromatic N) is 1. The molecular weight excluding hydrogens is 608 g/mol. The van der Waals surface area contributed by atoms with Crippen LogP contribution in [0, 0.1) is 17.8 Å². The van der Waals surface area contributed by atoms with Gasteiger partial charge in [-0.3, -0.25) is 9.59 Å². The minimum Gasteiger partial charge on any atom is -0.458 e. The number of ether oxygens (including phenoxy) is 5. The van der Waals surface area contributed by atoms with Crippen LogP contribution in [0.15, 0.2) is 0 Å². The first-order valence-corrected chi connectivity index (χ1v) is 17.3. The second kappa shape index (κ2) is 16.2. The minimum absolute atomic E-state index is 0.0252. The molecule has 0 spiro atoms. The summed E-state index contributed by atoms with van der Waals surface area (Å²) in [5, 5.41) is 21.4. The highest BCUT2D eigenvalue weighted by atomic mass is 16.7. The molecule has 13 heteroatoms. The van der Waals surface area contributed by atoms with Gasteiger partial charge in [0.15, 0.2) is 17.7 Å². The SMILES string of the molecule is CC[C@@H]1OC(=O)[C@H](C)C(=O)[C@H](C)[C@@H](O[C@@H]2O[C@H](CNC(C)C)CC(N(C)C)C2O)[C@](C)(OC)C[C@@H](C)CN[C@H](C)[C@H]2NC(=O)O[C@]12C. The number of nitrogens with one attached hydrogen (secondary N) is 3. The summed E-state index contributed by atoms with van der Waals surface area (Å²) in [5.41, 5.74) is -2.18. The van der Waals surface area contributed by atoms with Crippen molar-refractivity contribution in [2.24, 2.45) is 17.8 Å². The second-order valence-corrected chi connectivity index (χ2v) is 15.0. The molecule has 0 radical (unpaired) electrons. The van der Waals surface area contributed by atoms with Crippen LogP contribution >= 0.6 is 0 Å². The third kappa shape index (κ3) is 9.03. The molecule has 1 amide bonds. The molecule has 3 heterocycles. The van der Waals surface area contributed by atoms with Crippen molar-refractivity contribution in [2.75, 3.05) is 34.3 Å². The Morgan fingerprint density at radius 2 is 1.79 bits per heavy atom. The van der Waals surface area contributed by atoms with Crippen molar-refractivity contribution in [1.82, 2.24) is 20.9 Å². The van der Waals surface area contributed by atoms with E-state index >= 15 is 0 Å². The zero-order valence-electron chi connectivity index (χ0n) is 30.6. The van der Waals surface area contributed by atoms with E-state index in [1.54, 1.807) is 21.0 Å². The standard InChI is InChI=1S/C34H62N4O9/c1-13-25-34(9)28(37-32(42)47-34)22(7)36-16-19(4)15-33(8,43-12)29(20(5)26(39)21(6)30(41)45-25)46-31-27(40)24(38(10)11)14-23(44-31)17-35-18(2)3/h18-25,27-29,31,35-36,40H,13-17H2,1-12H3,(H,37,42)/t19-,20+,21-,22-,23+,24?,25+,27?,28-,29-,31+,33-,34-/m1/s1. The van der Waals surface area contributed by atoms with Crippen LogP contribution in [0.3, 0.4) is 0 Å². The molecule has 0 aromatic rings. The second-order valence-electron chi connectivity index (χ2n) is 15.0. The zero-order chi connectivity index (χ0) is 35.4. The van der Waals surface area contributed by atoms with Crippen molar-refractivity contribution in [1.29, 1.82) is 0 Å². The quantitative estimate of drug-likeness (QED) is 0.221. The molecule has 3 fully saturated rings. The average molecular weight is 671 g/mol. The van der Waals surface area contributed by atoms with E-state index in [1.807, 2.05) is 39.8 Å². The number of likely N-dealkylation sites (N-methyl/N-ethyl adjacent to an activating group) is 1. The van der Waals surface area contributed by atoms with Crippen molar-refractivity contribution in [3.8, 4) is 0 Å². The number of carbonyl (C=O) groups excluding carboxylic acids is 3. The lowest BCUT2D eigenvalue weighted by atomic mass is 9.78. The normalized spacial score (nSPS) is 42.7. The highest BCUT2D eigenvalue weighted by Gasteiger charge is 2.55. The molecule has 2 unspecified atom stereocenters. The number of esters is 1. The number of Topliss-reactive ketones (excluding diaryl/α,β-unsaturated/α-hetero) is 1. The van der Waals surface area contributed by atoms with Crippen LogP contribution in [0.4, 0.5) is 4.79 Å². The lowest BCUT2D eigenvalue weighted by Crippen LogP contribution is -2.60. The van der Waals surface area contributed by atoms with Gasteiger partial charge in [0.25, 0.3) is 0 Å². The van der Waals surface area contributed by atoms with Gasteiger partial charge in [-0.15, -0.1) is 0 Å². The van der Waals surface area contributed by atoms with Gasteiger partial charge in [0.1, 0.15) is 18.1 Å². The Labute approximate surface area is 281 Å². The Kier molecular flexibility index (Phi) is 13.7. The summed E-state index contributed by atoms with van der Waals surface area (Å²) in [7, 11) is 5.41. The summed E-state index contributed by atoms with van der Waals surface area (Å²) < 4.78 is 31.0. The molecule has 3 aliphatic heterocycles. The molecule has 0 saturated carbocycles. The average Bonchev–Trinajstić information content (AvgIpc) is 3.33. The Morgan fingerprint density at radius 3 is 2.36 bits per heavy atom. The van der Waals surface area contributed by atoms with Gasteiger partial charge in [-0.05, 0) is 73.5 Å². The van der Waals surface area contributed by atoms with E-state index in [0.717, 1.165) is 0 Å². The highest BCUT2D eigenvalue weighted by Crippen LogP contribution is 2.37. The van der Waals surface area contributed by atoms with Crippen LogP contribution in [-0.2, 0) is 33.3 Å². The molecule has 3 saturated heterocycles. The lowest BCUT2D eigenvalue weighted by molar-refractivity contribution is -0.297. The molecule has 0 aromatic heterocycles. The smallest absolute Gasteiger partial charge is 0.408 e. The molecule has 13 atom stereocenters. The molecule has 4 N–H and O–H groups in total. The summed E-state index contributed by atoms with van der Waals surface area (Å²) in [6.45, 7) is 18.0. The van der Waals surface area contributed by atoms with E-state index in [9.17, 15) is 19.5 Å². The summed E-state index contributed by atoms with van der Waals surface area (Å²) in [4.78, 5) is 42.2. The van der Waals surface area contributed by atoms with E-state index in [1.165, 1.54) is 6.92 Å². The molecule has 0 aliphatic carbocycles. The van der Waals surface area contributed by atoms with Crippen molar-refractivity contribution in [3.63, 3.8) is 0 Å². The number of hydrogen-bond acceptors (Lipinski definition) is 12. The molecule has 13 nitrogen and oxygen atoms in total. The predicted molar refractivity (Wildman–Crippen MR) is 177 cm³/mol. The number of ketones is 1. The number of carbonyl (C=O) groups is 3. The number of rotatable bonds is 8. The van der Waals surface area contributed by atoms with E-state index in [0.29, 0.717) is 32.4 Å². The fourth-order valence-electron chi connectivity index (χ4n) is 7.52. The number of aliphatic hydroxyl groups is 1. The van der Waals surface area contributed by atoms with Crippen LogP contribution < -0.4 is 16.0 Å². The van der Waals surface area contributed by atoms with Crippen LogP contribution in [0.5, 0.6) is 0 Å². The minimum atomic E-state index is -1.16. The number of fused-ring (bicyclic) bond motifs is 1. The lowest BCUT2D eigenvalue weighted by Gasteiger charge is -2.47. The first kappa shape index (κ1) is 39.6. The molecule has 47 heavy (non-hydrogen) atoms. The van der Waals surface area contributed by atoms with Crippen molar-refractivity contribution in [2.45, 2.75) is 148 Å². The Balaban J connectivity index is 2.02. The fraction of sp³-hybridized carbons (Fsp3) is 0.912. The fourth-order valence-corrected chi connectivity index (χ4v) is 7.52. The first-order chi connectivity index (χ1) is 21.9. The number of hydrogen-bond donors (Lipinski definition) is 4. The molecular formula is C34H62N4O9. The zero-order valence-corrected chi connectivity index (χ0v) is 30.6. The summed E-state index contributed by atoms with van der Waals surface area (Å²) in [5.74, 6) is -3.06.